The normalized spacial score (nSPS) is 56.5. The number of carbonyl (C=O) groups is 1. The number of aliphatic hydroxyl groups is 1. The molecule has 56 valence electrons. The Bertz CT molecular complexity index is 301. The van der Waals surface area contributed by atoms with Crippen LogP contribution in [0.5, 0.6) is 0 Å². The van der Waals surface area contributed by atoms with Gasteiger partial charge in [-0.1, -0.05) is 24.3 Å². The van der Waals surface area contributed by atoms with E-state index in [2.05, 4.69) is 0 Å². The molecule has 0 saturated heterocycles. The lowest BCUT2D eigenvalue weighted by Gasteiger charge is -2.09. The lowest BCUT2D eigenvalue weighted by Crippen LogP contribution is -2.20. The van der Waals surface area contributed by atoms with Crippen LogP contribution in [0.1, 0.15) is 0 Å². The molecule has 11 heavy (non-hydrogen) atoms. The second-order valence-electron chi connectivity index (χ2n) is 3.54. The van der Waals surface area contributed by atoms with E-state index in [1.165, 1.54) is 0 Å². The first-order chi connectivity index (χ1) is 5.27. The fourth-order valence-corrected chi connectivity index (χ4v) is 2.31. The highest BCUT2D eigenvalue weighted by Crippen LogP contribution is 2.61. The maximum absolute atomic E-state index is 11.5. The summed E-state index contributed by atoms with van der Waals surface area (Å²) in [5.41, 5.74) is -0.473. The minimum Gasteiger partial charge on any atom is -0.391 e. The van der Waals surface area contributed by atoms with Crippen molar-refractivity contribution in [3.05, 3.63) is 24.3 Å². The predicted octanol–water partition coefficient (Wildman–Crippen LogP) is 0.288. The van der Waals surface area contributed by atoms with Gasteiger partial charge >= 0.3 is 0 Å². The zero-order valence-electron chi connectivity index (χ0n) is 5.90. The summed E-state index contributed by atoms with van der Waals surface area (Å²) in [6.07, 6.45) is 7.21. The molecule has 0 radical (unpaired) electrons. The highest BCUT2D eigenvalue weighted by atomic mass is 16.3. The number of rotatable bonds is 0. The summed E-state index contributed by atoms with van der Waals surface area (Å²) in [4.78, 5) is 11.5. The van der Waals surface area contributed by atoms with Gasteiger partial charge in [0.15, 0.2) is 5.78 Å². The summed E-state index contributed by atoms with van der Waals surface area (Å²) in [5, 5.41) is 9.45. The third kappa shape index (κ3) is 0.396. The summed E-state index contributed by atoms with van der Waals surface area (Å²) in [6, 6.07) is 0. The molecule has 0 aromatic rings. The first-order valence-electron chi connectivity index (χ1n) is 3.87. The lowest BCUT2D eigenvalue weighted by atomic mass is 9.91. The molecule has 0 heterocycles. The molecule has 1 saturated carbocycles. The van der Waals surface area contributed by atoms with E-state index in [0.717, 1.165) is 0 Å². The number of carbonyl (C=O) groups excluding carboxylic acids is 1. The zero-order chi connectivity index (χ0) is 7.64. The van der Waals surface area contributed by atoms with Crippen LogP contribution in [0.4, 0.5) is 0 Å². The van der Waals surface area contributed by atoms with E-state index in [1.54, 1.807) is 0 Å². The van der Waals surface area contributed by atoms with Crippen molar-refractivity contribution in [2.24, 2.45) is 17.3 Å². The molecule has 1 fully saturated rings. The van der Waals surface area contributed by atoms with E-state index in [-0.39, 0.29) is 17.6 Å². The smallest absolute Gasteiger partial charge is 0.156 e. The zero-order valence-corrected chi connectivity index (χ0v) is 5.90. The Kier molecular flexibility index (Phi) is 0.699. The maximum Gasteiger partial charge on any atom is 0.156 e. The number of hydrogen-bond acceptors (Lipinski definition) is 2. The number of hydrogen-bond donors (Lipinski definition) is 1. The predicted molar refractivity (Wildman–Crippen MR) is 38.7 cm³/mol. The van der Waals surface area contributed by atoms with Crippen LogP contribution < -0.4 is 0 Å². The lowest BCUT2D eigenvalue weighted by molar-refractivity contribution is -0.124. The summed E-state index contributed by atoms with van der Waals surface area (Å²) < 4.78 is 0. The first kappa shape index (κ1) is 5.72. The molecule has 2 nitrogen and oxygen atoms in total. The molecule has 3 aliphatic carbocycles. The Morgan fingerprint density at radius 3 is 2.91 bits per heavy atom. The van der Waals surface area contributed by atoms with Crippen LogP contribution in [0.15, 0.2) is 24.3 Å². The minimum atomic E-state index is -0.473. The maximum atomic E-state index is 11.5. The van der Waals surface area contributed by atoms with E-state index in [0.29, 0.717) is 0 Å². The molecule has 0 aromatic heterocycles. The van der Waals surface area contributed by atoms with Gasteiger partial charge in [-0.15, -0.1) is 0 Å². The van der Waals surface area contributed by atoms with Gasteiger partial charge in [0.25, 0.3) is 0 Å². The number of allylic oxidation sites excluding steroid dienone is 2. The van der Waals surface area contributed by atoms with Crippen LogP contribution in [0.2, 0.25) is 0 Å². The monoisotopic (exact) mass is 148 g/mol. The van der Waals surface area contributed by atoms with Crippen molar-refractivity contribution < 1.29 is 9.90 Å². The van der Waals surface area contributed by atoms with Crippen molar-refractivity contribution in [1.82, 2.24) is 0 Å². The van der Waals surface area contributed by atoms with Crippen LogP contribution in [0.3, 0.4) is 0 Å². The van der Waals surface area contributed by atoms with Gasteiger partial charge in [-0.05, 0) is 0 Å². The molecular weight excluding hydrogens is 140 g/mol. The van der Waals surface area contributed by atoms with E-state index < -0.39 is 11.5 Å². The van der Waals surface area contributed by atoms with E-state index in [1.807, 2.05) is 24.3 Å². The summed E-state index contributed by atoms with van der Waals surface area (Å²) in [5.74, 6) is 0.242. The Balaban J connectivity index is 2.22. The molecule has 0 aromatic carbocycles. The van der Waals surface area contributed by atoms with Gasteiger partial charge in [0.2, 0.25) is 0 Å². The molecule has 3 rings (SSSR count). The van der Waals surface area contributed by atoms with Crippen LogP contribution in [0, 0.1) is 17.3 Å². The fraction of sp³-hybridized carbons (Fsp3) is 0.444. The average Bonchev–Trinajstić information content (AvgIpc) is 2.54. The molecule has 2 heteroatoms. The molecule has 4 unspecified atom stereocenters. The highest BCUT2D eigenvalue weighted by molar-refractivity contribution is 6.00. The van der Waals surface area contributed by atoms with Gasteiger partial charge in [-0.25, -0.2) is 0 Å². The van der Waals surface area contributed by atoms with Gasteiger partial charge in [-0.2, -0.15) is 0 Å². The quantitative estimate of drug-likeness (QED) is 0.501. The Morgan fingerprint density at radius 2 is 2.18 bits per heavy atom. The third-order valence-electron chi connectivity index (χ3n) is 3.11. The highest BCUT2D eigenvalue weighted by Gasteiger charge is 2.70. The molecule has 0 amide bonds. The second kappa shape index (κ2) is 1.34. The fourth-order valence-electron chi connectivity index (χ4n) is 2.31. The van der Waals surface area contributed by atoms with Gasteiger partial charge in [0.05, 0.1) is 17.4 Å². The van der Waals surface area contributed by atoms with E-state index >= 15 is 0 Å². The van der Waals surface area contributed by atoms with Crippen molar-refractivity contribution in [2.45, 2.75) is 6.10 Å². The van der Waals surface area contributed by atoms with Crippen molar-refractivity contribution in [1.29, 1.82) is 0 Å². The molecule has 2 bridgehead atoms. The van der Waals surface area contributed by atoms with Crippen LogP contribution in [0.25, 0.3) is 0 Å². The first-order valence-corrected chi connectivity index (χ1v) is 3.87. The number of aliphatic hydroxyl groups excluding tert-OH is 1. The molecule has 0 aliphatic heterocycles. The largest absolute Gasteiger partial charge is 0.391 e. The van der Waals surface area contributed by atoms with Gasteiger partial charge in [0.1, 0.15) is 0 Å². The van der Waals surface area contributed by atoms with Gasteiger partial charge in [-0.3, -0.25) is 4.79 Å². The van der Waals surface area contributed by atoms with Crippen LogP contribution in [-0.2, 0) is 4.79 Å². The van der Waals surface area contributed by atoms with Crippen molar-refractivity contribution in [3.8, 4) is 0 Å². The van der Waals surface area contributed by atoms with Crippen molar-refractivity contribution in [3.63, 3.8) is 0 Å². The average molecular weight is 148 g/mol. The topological polar surface area (TPSA) is 37.3 Å². The minimum absolute atomic E-state index is 0.0385. The standard InChI is InChI=1S/C9H8O2/c10-7-5-1-2-6-8(11)9(6,7)4-3-5/h1-6,8,11H. The van der Waals surface area contributed by atoms with Crippen LogP contribution in [-0.4, -0.2) is 17.0 Å². The van der Waals surface area contributed by atoms with Crippen LogP contribution >= 0.6 is 0 Å². The Morgan fingerprint density at radius 1 is 1.36 bits per heavy atom. The van der Waals surface area contributed by atoms with Crippen molar-refractivity contribution in [2.75, 3.05) is 0 Å². The third-order valence-corrected chi connectivity index (χ3v) is 3.11. The number of Topliss-reactive ketones (excluding diaryl/α,β-unsaturated/α-hetero) is 1. The Hall–Kier alpha value is -0.890. The Labute approximate surface area is 64.2 Å². The number of fused-ring (bicyclic) bond motifs is 1. The summed E-state index contributed by atoms with van der Waals surface area (Å²) in [7, 11) is 0. The van der Waals surface area contributed by atoms with Gasteiger partial charge in [0, 0.05) is 5.92 Å². The summed E-state index contributed by atoms with van der Waals surface area (Å²) in [6.45, 7) is 0. The molecule has 1 N–H and O–H groups in total. The van der Waals surface area contributed by atoms with E-state index in [4.69, 9.17) is 0 Å². The molecule has 3 aliphatic rings. The second-order valence-corrected chi connectivity index (χ2v) is 3.54. The summed E-state index contributed by atoms with van der Waals surface area (Å²) >= 11 is 0. The van der Waals surface area contributed by atoms with Gasteiger partial charge < -0.3 is 5.11 Å². The SMILES string of the molecule is O=C1C2C=CC3C(O)C13C=C2. The molecule has 4 atom stereocenters. The number of ketones is 1. The molecular formula is C9H8O2. The van der Waals surface area contributed by atoms with Crippen molar-refractivity contribution >= 4 is 5.78 Å². The van der Waals surface area contributed by atoms with E-state index in [9.17, 15) is 9.90 Å². The molecule has 1 spiro atoms.